The molecule has 1 heterocycles. The molecule has 0 N–H and O–H groups in total. The largest absolute Gasteiger partial charge is 0.480 e. The average molecular weight is 477 g/mol. The van der Waals surface area contributed by atoms with Crippen LogP contribution in [0.4, 0.5) is 5.69 Å². The van der Waals surface area contributed by atoms with Crippen molar-refractivity contribution in [2.75, 3.05) is 6.61 Å². The Balaban J connectivity index is 1.40. The molecule has 2 bridgehead atoms. The number of hydrogen-bond donors (Lipinski definition) is 0. The van der Waals surface area contributed by atoms with Crippen LogP contribution in [0.3, 0.4) is 0 Å². The van der Waals surface area contributed by atoms with Crippen molar-refractivity contribution in [3.8, 4) is 18.1 Å². The van der Waals surface area contributed by atoms with E-state index in [1.807, 2.05) is 48.5 Å². The lowest BCUT2D eigenvalue weighted by atomic mass is 9.55. The molecular formula is C28H19N3O5. The highest BCUT2D eigenvalue weighted by molar-refractivity contribution is 6.08. The number of nitro benzene ring substituents is 1. The fourth-order valence-corrected chi connectivity index (χ4v) is 5.90. The van der Waals surface area contributed by atoms with Gasteiger partial charge in [0.25, 0.3) is 17.5 Å². The Morgan fingerprint density at radius 1 is 0.944 bits per heavy atom. The Hall–Kier alpha value is -4.77. The van der Waals surface area contributed by atoms with Gasteiger partial charge in [0.15, 0.2) is 0 Å². The number of hydrogen-bond acceptors (Lipinski definition) is 6. The molecule has 3 aliphatic carbocycles. The van der Waals surface area contributed by atoms with E-state index in [-0.39, 0.29) is 47.3 Å². The number of non-ortho nitro benzene ring substituents is 1. The van der Waals surface area contributed by atoms with Gasteiger partial charge < -0.3 is 4.74 Å². The fraction of sp³-hybridized carbons (Fsp3) is 0.179. The van der Waals surface area contributed by atoms with Crippen LogP contribution in [0.15, 0.2) is 71.8 Å². The molecule has 0 radical (unpaired) electrons. The third kappa shape index (κ3) is 3.06. The molecule has 2 atom stereocenters. The summed E-state index contributed by atoms with van der Waals surface area (Å²) >= 11 is 0. The topological polar surface area (TPSA) is 102 Å². The second kappa shape index (κ2) is 8.17. The first-order valence-corrected chi connectivity index (χ1v) is 11.5. The maximum atomic E-state index is 13.6. The Kier molecular flexibility index (Phi) is 4.93. The molecule has 1 fully saturated rings. The molecule has 0 aromatic heterocycles. The normalized spacial score (nSPS) is 23.2. The summed E-state index contributed by atoms with van der Waals surface area (Å²) in [7, 11) is 0. The van der Waals surface area contributed by atoms with Gasteiger partial charge in [-0.1, -0.05) is 54.5 Å². The van der Waals surface area contributed by atoms with Crippen LogP contribution in [0.1, 0.15) is 39.7 Å². The van der Waals surface area contributed by atoms with Crippen molar-refractivity contribution in [1.29, 1.82) is 0 Å². The van der Waals surface area contributed by atoms with Crippen molar-refractivity contribution in [1.82, 2.24) is 5.01 Å². The zero-order chi connectivity index (χ0) is 25.0. The zero-order valence-electron chi connectivity index (χ0n) is 18.9. The fourth-order valence-electron chi connectivity index (χ4n) is 5.90. The number of terminal acetylenes is 1. The Labute approximate surface area is 206 Å². The summed E-state index contributed by atoms with van der Waals surface area (Å²) in [5, 5.41) is 16.4. The van der Waals surface area contributed by atoms with Crippen LogP contribution in [0.25, 0.3) is 0 Å². The number of nitrogens with zero attached hydrogens (tertiary/aromatic N) is 3. The Morgan fingerprint density at radius 2 is 1.47 bits per heavy atom. The van der Waals surface area contributed by atoms with Crippen LogP contribution in [-0.2, 0) is 9.59 Å². The second-order valence-electron chi connectivity index (χ2n) is 8.97. The van der Waals surface area contributed by atoms with Gasteiger partial charge >= 0.3 is 0 Å². The van der Waals surface area contributed by atoms with E-state index < -0.39 is 16.8 Å². The number of imide groups is 1. The van der Waals surface area contributed by atoms with Gasteiger partial charge in [-0.15, -0.1) is 6.42 Å². The van der Waals surface area contributed by atoms with Gasteiger partial charge in [-0.2, -0.15) is 10.1 Å². The third-order valence-electron chi connectivity index (χ3n) is 7.25. The summed E-state index contributed by atoms with van der Waals surface area (Å²) in [5.41, 5.74) is 4.33. The molecule has 0 saturated carbocycles. The SMILES string of the molecule is C#CCOc1ccc([N+](=O)[O-])cc1/C=N\N1C(=O)[C@@H]2C3c4ccccc4C(c4ccccc43)[C@@H]2C1=O. The molecule has 4 aliphatic rings. The zero-order valence-corrected chi connectivity index (χ0v) is 18.9. The quantitative estimate of drug-likeness (QED) is 0.183. The number of carbonyl (C=O) groups excluding carboxylic acids is 2. The molecule has 1 saturated heterocycles. The number of hydrazone groups is 1. The lowest BCUT2D eigenvalue weighted by Gasteiger charge is -2.45. The lowest BCUT2D eigenvalue weighted by molar-refractivity contribution is -0.384. The van der Waals surface area contributed by atoms with Crippen LogP contribution in [0.5, 0.6) is 5.75 Å². The molecule has 8 nitrogen and oxygen atoms in total. The summed E-state index contributed by atoms with van der Waals surface area (Å²) in [6.45, 7) is -0.0513. The lowest BCUT2D eigenvalue weighted by Crippen LogP contribution is -2.41. The summed E-state index contributed by atoms with van der Waals surface area (Å²) in [4.78, 5) is 38.0. The van der Waals surface area contributed by atoms with E-state index in [1.54, 1.807) is 0 Å². The molecule has 7 rings (SSSR count). The van der Waals surface area contributed by atoms with Crippen LogP contribution in [0, 0.1) is 34.3 Å². The summed E-state index contributed by atoms with van der Waals surface area (Å²) < 4.78 is 5.47. The predicted octanol–water partition coefficient (Wildman–Crippen LogP) is 3.83. The molecule has 2 amide bonds. The highest BCUT2D eigenvalue weighted by atomic mass is 16.6. The number of amides is 2. The van der Waals surface area contributed by atoms with Crippen molar-refractivity contribution in [2.45, 2.75) is 11.8 Å². The Bertz CT molecular complexity index is 1410. The minimum Gasteiger partial charge on any atom is -0.480 e. The van der Waals surface area contributed by atoms with E-state index in [4.69, 9.17) is 11.2 Å². The van der Waals surface area contributed by atoms with E-state index in [0.717, 1.165) is 27.3 Å². The third-order valence-corrected chi connectivity index (χ3v) is 7.25. The first kappa shape index (κ1) is 21.7. The van der Waals surface area contributed by atoms with Gasteiger partial charge in [0, 0.05) is 29.5 Å². The van der Waals surface area contributed by atoms with Gasteiger partial charge in [0.2, 0.25) is 0 Å². The first-order chi connectivity index (χ1) is 17.5. The van der Waals surface area contributed by atoms with E-state index in [9.17, 15) is 19.7 Å². The molecule has 3 aromatic carbocycles. The van der Waals surface area contributed by atoms with Crippen molar-refractivity contribution in [3.63, 3.8) is 0 Å². The molecule has 36 heavy (non-hydrogen) atoms. The average Bonchev–Trinajstić information content (AvgIpc) is 3.16. The van der Waals surface area contributed by atoms with Gasteiger partial charge in [0.1, 0.15) is 12.4 Å². The molecule has 1 aliphatic heterocycles. The molecular weight excluding hydrogens is 458 g/mol. The number of carbonyl (C=O) groups is 2. The van der Waals surface area contributed by atoms with E-state index in [0.29, 0.717) is 0 Å². The molecule has 0 unspecified atom stereocenters. The minimum absolute atomic E-state index is 0.0513. The first-order valence-electron chi connectivity index (χ1n) is 11.5. The van der Waals surface area contributed by atoms with Crippen molar-refractivity contribution in [3.05, 3.63) is 105 Å². The van der Waals surface area contributed by atoms with Crippen molar-refractivity contribution >= 4 is 23.7 Å². The molecule has 8 heteroatoms. The minimum atomic E-state index is -0.563. The number of nitro groups is 1. The highest BCUT2D eigenvalue weighted by Crippen LogP contribution is 2.60. The van der Waals surface area contributed by atoms with Gasteiger partial charge in [-0.05, 0) is 28.3 Å². The summed E-state index contributed by atoms with van der Waals surface area (Å²) in [5.74, 6) is 0.242. The highest BCUT2D eigenvalue weighted by Gasteiger charge is 2.61. The monoisotopic (exact) mass is 477 g/mol. The molecule has 0 spiro atoms. The number of rotatable bonds is 5. The standard InChI is InChI=1S/C28H19N3O5/c1-2-13-36-22-12-11-17(31(34)35)14-16(22)15-29-30-27(32)25-23-18-7-3-4-8-19(18)24(26(25)28(30)33)21-10-6-5-9-20(21)23/h1,3-12,14-15,23-26H,13H2/b29-15-/t23?,24?,25-,26+. The van der Waals surface area contributed by atoms with Gasteiger partial charge in [0.05, 0.1) is 23.0 Å². The summed E-state index contributed by atoms with van der Waals surface area (Å²) in [6.07, 6.45) is 6.52. The second-order valence-corrected chi connectivity index (χ2v) is 8.97. The number of ether oxygens (including phenoxy) is 1. The van der Waals surface area contributed by atoms with Crippen LogP contribution >= 0.6 is 0 Å². The smallest absolute Gasteiger partial charge is 0.270 e. The van der Waals surface area contributed by atoms with Crippen LogP contribution < -0.4 is 4.74 Å². The maximum absolute atomic E-state index is 13.6. The van der Waals surface area contributed by atoms with E-state index in [1.165, 1.54) is 24.4 Å². The Morgan fingerprint density at radius 3 is 1.94 bits per heavy atom. The molecule has 3 aromatic rings. The maximum Gasteiger partial charge on any atom is 0.270 e. The van der Waals surface area contributed by atoms with Crippen LogP contribution in [-0.4, -0.2) is 34.6 Å². The van der Waals surface area contributed by atoms with Gasteiger partial charge in [-0.25, -0.2) is 0 Å². The van der Waals surface area contributed by atoms with E-state index >= 15 is 0 Å². The number of benzene rings is 3. The van der Waals surface area contributed by atoms with Gasteiger partial charge in [-0.3, -0.25) is 19.7 Å². The van der Waals surface area contributed by atoms with E-state index in [2.05, 4.69) is 11.0 Å². The van der Waals surface area contributed by atoms with Crippen molar-refractivity contribution < 1.29 is 19.2 Å². The molecule has 176 valence electrons. The van der Waals surface area contributed by atoms with Crippen molar-refractivity contribution in [2.24, 2.45) is 16.9 Å². The summed E-state index contributed by atoms with van der Waals surface area (Å²) in [6, 6.07) is 19.9. The van der Waals surface area contributed by atoms with Crippen LogP contribution in [0.2, 0.25) is 0 Å². The predicted molar refractivity (Wildman–Crippen MR) is 130 cm³/mol.